The molecule has 112 valence electrons. The standard InChI is InChI=1S/C20H27N/c1-12-9-16(5)19(11-13(12)2)21(8)20-17(6)14(3)10-15(4)18(20)7/h9-11H,1-8H3. The van der Waals surface area contributed by atoms with Crippen molar-refractivity contribution in [1.82, 2.24) is 0 Å². The maximum absolute atomic E-state index is 2.35. The van der Waals surface area contributed by atoms with Gasteiger partial charge in [-0.2, -0.15) is 0 Å². The lowest BCUT2D eigenvalue weighted by Gasteiger charge is -2.28. The van der Waals surface area contributed by atoms with Crippen molar-refractivity contribution < 1.29 is 0 Å². The highest BCUT2D eigenvalue weighted by Gasteiger charge is 2.15. The third-order valence-electron chi connectivity index (χ3n) is 4.84. The Bertz CT molecular complexity index is 669. The van der Waals surface area contributed by atoms with Crippen LogP contribution in [0.2, 0.25) is 0 Å². The molecule has 0 amide bonds. The molecule has 2 aromatic rings. The highest BCUT2D eigenvalue weighted by molar-refractivity contribution is 5.74. The Labute approximate surface area is 129 Å². The van der Waals surface area contributed by atoms with Gasteiger partial charge in [0.05, 0.1) is 0 Å². The van der Waals surface area contributed by atoms with Crippen LogP contribution < -0.4 is 4.90 Å². The van der Waals surface area contributed by atoms with Crippen molar-refractivity contribution in [3.8, 4) is 0 Å². The first kappa shape index (κ1) is 15.6. The summed E-state index contributed by atoms with van der Waals surface area (Å²) < 4.78 is 0. The van der Waals surface area contributed by atoms with Crippen LogP contribution in [0.15, 0.2) is 18.2 Å². The highest BCUT2D eigenvalue weighted by Crippen LogP contribution is 2.36. The summed E-state index contributed by atoms with van der Waals surface area (Å²) in [5.41, 5.74) is 12.2. The summed E-state index contributed by atoms with van der Waals surface area (Å²) in [5, 5.41) is 0. The summed E-state index contributed by atoms with van der Waals surface area (Å²) in [7, 11) is 2.19. The first-order chi connectivity index (χ1) is 9.73. The average molecular weight is 281 g/mol. The van der Waals surface area contributed by atoms with Gasteiger partial charge in [0, 0.05) is 18.4 Å². The fraction of sp³-hybridized carbons (Fsp3) is 0.400. The number of hydrogen-bond acceptors (Lipinski definition) is 1. The summed E-state index contributed by atoms with van der Waals surface area (Å²) in [6.07, 6.45) is 0. The minimum absolute atomic E-state index is 1.30. The number of aryl methyl sites for hydroxylation is 5. The first-order valence-corrected chi connectivity index (χ1v) is 7.63. The van der Waals surface area contributed by atoms with E-state index in [0.29, 0.717) is 0 Å². The Morgan fingerprint density at radius 3 is 1.52 bits per heavy atom. The number of hydrogen-bond donors (Lipinski definition) is 0. The molecule has 0 heterocycles. The predicted octanol–water partition coefficient (Wildman–Crippen LogP) is 5.61. The molecule has 1 heteroatoms. The van der Waals surface area contributed by atoms with Crippen LogP contribution in [0, 0.1) is 48.5 Å². The zero-order valence-corrected chi connectivity index (χ0v) is 14.7. The van der Waals surface area contributed by atoms with E-state index in [2.05, 4.69) is 78.6 Å². The van der Waals surface area contributed by atoms with E-state index in [4.69, 9.17) is 0 Å². The van der Waals surface area contributed by atoms with Crippen LogP contribution in [0.5, 0.6) is 0 Å². The van der Waals surface area contributed by atoms with Crippen molar-refractivity contribution in [3.05, 3.63) is 57.1 Å². The third-order valence-corrected chi connectivity index (χ3v) is 4.84. The second-order valence-electron chi connectivity index (χ2n) is 6.39. The molecule has 0 atom stereocenters. The van der Waals surface area contributed by atoms with E-state index < -0.39 is 0 Å². The maximum atomic E-state index is 2.35. The van der Waals surface area contributed by atoms with Crippen LogP contribution in [0.4, 0.5) is 11.4 Å². The molecule has 0 aliphatic carbocycles. The molecule has 2 aromatic carbocycles. The molecule has 0 spiro atoms. The molecule has 0 unspecified atom stereocenters. The Morgan fingerprint density at radius 1 is 0.571 bits per heavy atom. The molecule has 0 saturated heterocycles. The zero-order chi connectivity index (χ0) is 15.9. The molecule has 0 N–H and O–H groups in total. The summed E-state index contributed by atoms with van der Waals surface area (Å²) in [6, 6.07) is 6.88. The molecule has 0 aromatic heterocycles. The van der Waals surface area contributed by atoms with E-state index in [1.807, 2.05) is 0 Å². The van der Waals surface area contributed by atoms with Crippen LogP contribution >= 0.6 is 0 Å². The van der Waals surface area contributed by atoms with Gasteiger partial charge in [-0.15, -0.1) is 0 Å². The lowest BCUT2D eigenvalue weighted by molar-refractivity contribution is 1.11. The van der Waals surface area contributed by atoms with Gasteiger partial charge in [-0.3, -0.25) is 0 Å². The Kier molecular flexibility index (Phi) is 4.13. The van der Waals surface area contributed by atoms with Gasteiger partial charge < -0.3 is 4.90 Å². The van der Waals surface area contributed by atoms with Gasteiger partial charge in [0.25, 0.3) is 0 Å². The molecular formula is C20H27N. The van der Waals surface area contributed by atoms with Crippen LogP contribution in [-0.2, 0) is 0 Å². The molecule has 0 aliphatic rings. The lowest BCUT2D eigenvalue weighted by Crippen LogP contribution is -2.15. The summed E-state index contributed by atoms with van der Waals surface area (Å²) >= 11 is 0. The van der Waals surface area contributed by atoms with E-state index in [0.717, 1.165) is 0 Å². The topological polar surface area (TPSA) is 3.24 Å². The van der Waals surface area contributed by atoms with Crippen LogP contribution in [0.1, 0.15) is 38.9 Å². The van der Waals surface area contributed by atoms with Crippen molar-refractivity contribution in [1.29, 1.82) is 0 Å². The van der Waals surface area contributed by atoms with Crippen LogP contribution in [-0.4, -0.2) is 7.05 Å². The molecule has 21 heavy (non-hydrogen) atoms. The van der Waals surface area contributed by atoms with Gasteiger partial charge in [-0.05, 0) is 93.5 Å². The minimum Gasteiger partial charge on any atom is -0.344 e. The molecule has 0 bridgehead atoms. The van der Waals surface area contributed by atoms with Gasteiger partial charge in [0.1, 0.15) is 0 Å². The first-order valence-electron chi connectivity index (χ1n) is 7.63. The van der Waals surface area contributed by atoms with Crippen molar-refractivity contribution in [2.45, 2.75) is 48.5 Å². The largest absolute Gasteiger partial charge is 0.344 e. The van der Waals surface area contributed by atoms with Crippen LogP contribution in [0.3, 0.4) is 0 Å². The van der Waals surface area contributed by atoms with Gasteiger partial charge in [-0.25, -0.2) is 0 Å². The second-order valence-corrected chi connectivity index (χ2v) is 6.39. The van der Waals surface area contributed by atoms with Gasteiger partial charge >= 0.3 is 0 Å². The normalized spacial score (nSPS) is 10.9. The van der Waals surface area contributed by atoms with E-state index in [9.17, 15) is 0 Å². The Hall–Kier alpha value is -1.76. The molecule has 2 rings (SSSR count). The highest BCUT2D eigenvalue weighted by atomic mass is 15.1. The zero-order valence-electron chi connectivity index (χ0n) is 14.7. The van der Waals surface area contributed by atoms with Crippen LogP contribution in [0.25, 0.3) is 0 Å². The van der Waals surface area contributed by atoms with Gasteiger partial charge in [0.15, 0.2) is 0 Å². The SMILES string of the molecule is Cc1cc(C)c(N(C)c2c(C)c(C)cc(C)c2C)cc1C. The van der Waals surface area contributed by atoms with E-state index in [1.54, 1.807) is 0 Å². The number of rotatable bonds is 2. The summed E-state index contributed by atoms with van der Waals surface area (Å²) in [4.78, 5) is 2.35. The summed E-state index contributed by atoms with van der Waals surface area (Å²) in [5.74, 6) is 0. The fourth-order valence-corrected chi connectivity index (χ4v) is 3.13. The quantitative estimate of drug-likeness (QED) is 0.691. The number of benzene rings is 2. The summed E-state index contributed by atoms with van der Waals surface area (Å²) in [6.45, 7) is 15.4. The molecule has 0 fully saturated rings. The van der Waals surface area contributed by atoms with Gasteiger partial charge in [-0.1, -0.05) is 12.1 Å². The second kappa shape index (κ2) is 5.55. The third kappa shape index (κ3) is 2.70. The Balaban J connectivity index is 2.66. The maximum Gasteiger partial charge on any atom is 0.0472 e. The molecule has 0 radical (unpaired) electrons. The lowest BCUT2D eigenvalue weighted by atomic mass is 9.96. The van der Waals surface area contributed by atoms with E-state index in [1.165, 1.54) is 50.3 Å². The molecular weight excluding hydrogens is 254 g/mol. The fourth-order valence-electron chi connectivity index (χ4n) is 3.13. The average Bonchev–Trinajstić information content (AvgIpc) is 2.40. The molecule has 0 aliphatic heterocycles. The van der Waals surface area contributed by atoms with E-state index in [-0.39, 0.29) is 0 Å². The smallest absolute Gasteiger partial charge is 0.0472 e. The predicted molar refractivity (Wildman–Crippen MR) is 94.1 cm³/mol. The number of anilines is 2. The van der Waals surface area contributed by atoms with E-state index >= 15 is 0 Å². The van der Waals surface area contributed by atoms with Crippen molar-refractivity contribution in [3.63, 3.8) is 0 Å². The van der Waals surface area contributed by atoms with Crippen molar-refractivity contribution in [2.24, 2.45) is 0 Å². The molecule has 1 nitrogen and oxygen atoms in total. The van der Waals surface area contributed by atoms with Crippen molar-refractivity contribution >= 4 is 11.4 Å². The minimum atomic E-state index is 1.30. The van der Waals surface area contributed by atoms with Gasteiger partial charge in [0.2, 0.25) is 0 Å². The Morgan fingerprint density at radius 2 is 1.00 bits per heavy atom. The monoisotopic (exact) mass is 281 g/mol. The molecule has 0 saturated carbocycles. The number of nitrogens with zero attached hydrogens (tertiary/aromatic N) is 1. The van der Waals surface area contributed by atoms with Crippen molar-refractivity contribution in [2.75, 3.05) is 11.9 Å².